The maximum atomic E-state index is 14.6. The molecule has 0 aromatic carbocycles. The number of amides is 3. The zero-order chi connectivity index (χ0) is 28.7. The Hall–Kier alpha value is -4.38. The number of halogens is 7. The van der Waals surface area contributed by atoms with Gasteiger partial charge in [0.25, 0.3) is 5.91 Å². The predicted octanol–water partition coefficient (Wildman–Crippen LogP) is 2.42. The first-order chi connectivity index (χ1) is 18.2. The second kappa shape index (κ2) is 10.1. The van der Waals surface area contributed by atoms with Gasteiger partial charge in [0.05, 0.1) is 31.0 Å². The van der Waals surface area contributed by atoms with Gasteiger partial charge in [-0.05, 0) is 12.1 Å². The van der Waals surface area contributed by atoms with Crippen LogP contribution in [0.3, 0.4) is 0 Å². The monoisotopic (exact) mass is 564 g/mol. The maximum Gasteiger partial charge on any atom is 0.418 e. The summed E-state index contributed by atoms with van der Waals surface area (Å²) in [6.07, 6.45) is -9.25. The second-order valence-corrected chi connectivity index (χ2v) is 8.40. The Morgan fingerprint density at radius 2 is 1.87 bits per heavy atom. The molecule has 3 aromatic heterocycles. The summed E-state index contributed by atoms with van der Waals surface area (Å²) in [4.78, 5) is 33.3. The molecule has 0 bridgehead atoms. The molecule has 1 aliphatic rings. The van der Waals surface area contributed by atoms with Crippen LogP contribution in [0.15, 0.2) is 24.7 Å². The quantitative estimate of drug-likeness (QED) is 0.405. The summed E-state index contributed by atoms with van der Waals surface area (Å²) in [5, 5.41) is 7.76. The summed E-state index contributed by atoms with van der Waals surface area (Å²) in [6.45, 7) is -2.64. The number of ether oxygens (including phenoxy) is 1. The fourth-order valence-corrected chi connectivity index (χ4v) is 4.01. The number of fused-ring (bicyclic) bond motifs is 1. The van der Waals surface area contributed by atoms with Crippen molar-refractivity contribution in [3.63, 3.8) is 0 Å². The number of nitrogen functional groups attached to an aromatic ring is 1. The van der Waals surface area contributed by atoms with Crippen molar-refractivity contribution < 1.29 is 45.1 Å². The van der Waals surface area contributed by atoms with Gasteiger partial charge in [-0.2, -0.15) is 31.4 Å². The molecule has 4 rings (SSSR count). The van der Waals surface area contributed by atoms with E-state index in [0.29, 0.717) is 0 Å². The molecule has 3 aromatic rings. The average Bonchev–Trinajstić information content (AvgIpc) is 3.43. The molecule has 1 fully saturated rings. The number of aromatic nitrogens is 4. The summed E-state index contributed by atoms with van der Waals surface area (Å²) in [5.74, 6) is -1.66. The van der Waals surface area contributed by atoms with Crippen LogP contribution in [0.4, 0.5) is 41.3 Å². The van der Waals surface area contributed by atoms with Gasteiger partial charge in [0.1, 0.15) is 30.1 Å². The SMILES string of the molecule is COc1ncc(-c2cc(C(F)(F)F)c3c(N)ncnn23)cc1C(=O)N[C@@H]1CN(C(=O)NCC(F)(F)F)C[C@@H]1F. The van der Waals surface area contributed by atoms with Crippen molar-refractivity contribution in [3.05, 3.63) is 35.8 Å². The lowest BCUT2D eigenvalue weighted by molar-refractivity contribution is -0.136. The Labute approximate surface area is 214 Å². The molecule has 3 amide bonds. The minimum Gasteiger partial charge on any atom is -0.480 e. The number of nitrogens with one attached hydrogen (secondary N) is 2. The lowest BCUT2D eigenvalue weighted by Crippen LogP contribution is -2.45. The highest BCUT2D eigenvalue weighted by Crippen LogP contribution is 2.39. The van der Waals surface area contributed by atoms with Crippen LogP contribution >= 0.6 is 0 Å². The third kappa shape index (κ3) is 5.73. The van der Waals surface area contributed by atoms with Crippen LogP contribution < -0.4 is 21.1 Å². The van der Waals surface area contributed by atoms with E-state index in [1.165, 1.54) is 7.11 Å². The van der Waals surface area contributed by atoms with Crippen LogP contribution in [0, 0.1) is 0 Å². The molecule has 1 aliphatic heterocycles. The molecule has 0 unspecified atom stereocenters. The largest absolute Gasteiger partial charge is 0.480 e. The molecule has 0 spiro atoms. The van der Waals surface area contributed by atoms with Gasteiger partial charge in [-0.3, -0.25) is 4.79 Å². The Morgan fingerprint density at radius 3 is 2.51 bits per heavy atom. The number of nitrogens with two attached hydrogens (primary N) is 1. The fraction of sp³-hybridized carbons (Fsp3) is 0.381. The number of hydrogen-bond donors (Lipinski definition) is 3. The van der Waals surface area contributed by atoms with Crippen LogP contribution in [0.1, 0.15) is 15.9 Å². The number of anilines is 1. The lowest BCUT2D eigenvalue weighted by Gasteiger charge is -2.18. The zero-order valence-electron chi connectivity index (χ0n) is 19.8. The number of methoxy groups -OCH3 is 1. The van der Waals surface area contributed by atoms with E-state index < -0.39 is 73.0 Å². The molecule has 210 valence electrons. The van der Waals surface area contributed by atoms with E-state index >= 15 is 0 Å². The van der Waals surface area contributed by atoms with Gasteiger partial charge in [0.2, 0.25) is 5.88 Å². The van der Waals surface area contributed by atoms with Gasteiger partial charge in [-0.15, -0.1) is 0 Å². The van der Waals surface area contributed by atoms with E-state index in [9.17, 15) is 40.3 Å². The number of likely N-dealkylation sites (tertiary alicyclic amines) is 1. The Bertz CT molecular complexity index is 1410. The smallest absolute Gasteiger partial charge is 0.418 e. The molecule has 4 heterocycles. The molecular weight excluding hydrogens is 545 g/mol. The van der Waals surface area contributed by atoms with Gasteiger partial charge < -0.3 is 26.0 Å². The van der Waals surface area contributed by atoms with Crippen LogP contribution in [0.5, 0.6) is 5.88 Å². The molecule has 2 atom stereocenters. The van der Waals surface area contributed by atoms with Crippen molar-refractivity contribution in [1.29, 1.82) is 0 Å². The van der Waals surface area contributed by atoms with Gasteiger partial charge in [-0.25, -0.2) is 23.7 Å². The number of urea groups is 1. The molecule has 0 radical (unpaired) electrons. The highest BCUT2D eigenvalue weighted by atomic mass is 19.4. The number of alkyl halides is 7. The molecule has 0 aliphatic carbocycles. The molecule has 0 saturated carbocycles. The number of carbonyl (C=O) groups excluding carboxylic acids is 2. The van der Waals surface area contributed by atoms with Crippen LogP contribution in [-0.4, -0.2) is 81.6 Å². The van der Waals surface area contributed by atoms with Gasteiger partial charge in [-0.1, -0.05) is 0 Å². The van der Waals surface area contributed by atoms with Crippen molar-refractivity contribution >= 4 is 23.3 Å². The van der Waals surface area contributed by atoms with Crippen LogP contribution in [0.25, 0.3) is 16.8 Å². The van der Waals surface area contributed by atoms with Crippen LogP contribution in [-0.2, 0) is 6.18 Å². The van der Waals surface area contributed by atoms with Crippen molar-refractivity contribution in [3.8, 4) is 17.1 Å². The summed E-state index contributed by atoms with van der Waals surface area (Å²) in [6, 6.07) is -0.592. The second-order valence-electron chi connectivity index (χ2n) is 8.40. The van der Waals surface area contributed by atoms with Crippen LogP contribution in [0.2, 0.25) is 0 Å². The third-order valence-electron chi connectivity index (χ3n) is 5.77. The normalized spacial score (nSPS) is 17.9. The van der Waals surface area contributed by atoms with E-state index in [1.807, 2.05) is 0 Å². The molecule has 39 heavy (non-hydrogen) atoms. The van der Waals surface area contributed by atoms with Gasteiger partial charge >= 0.3 is 18.4 Å². The van der Waals surface area contributed by atoms with Crippen molar-refractivity contribution in [1.82, 2.24) is 35.1 Å². The standard InChI is InChI=1S/C21H19F7N8O3/c1-39-18-10(17(37)34-13-6-35(5-12(13)22)19(38)31-7-20(23,24)25)2-9(4-30-18)14-3-11(21(26,27)28)15-16(29)32-8-33-36(14)15/h2-4,8,12-13H,5-7H2,1H3,(H,31,38)(H,34,37)(H2,29,32,33)/t12-,13+/m0/s1. The summed E-state index contributed by atoms with van der Waals surface area (Å²) in [5.41, 5.74) is 3.54. The molecule has 4 N–H and O–H groups in total. The Balaban J connectivity index is 1.61. The number of nitrogens with zero attached hydrogens (tertiary/aromatic N) is 5. The lowest BCUT2D eigenvalue weighted by atomic mass is 10.1. The summed E-state index contributed by atoms with van der Waals surface area (Å²) >= 11 is 0. The molecule has 1 saturated heterocycles. The minimum absolute atomic E-state index is 0.0130. The topological polar surface area (TPSA) is 140 Å². The van der Waals surface area contributed by atoms with E-state index in [4.69, 9.17) is 10.5 Å². The van der Waals surface area contributed by atoms with E-state index in [2.05, 4.69) is 20.4 Å². The number of carbonyl (C=O) groups is 2. The van der Waals surface area contributed by atoms with E-state index in [0.717, 1.165) is 34.1 Å². The Kier molecular flexibility index (Phi) is 7.14. The first-order valence-electron chi connectivity index (χ1n) is 11.0. The van der Waals surface area contributed by atoms with Crippen molar-refractivity contribution in [2.24, 2.45) is 0 Å². The average molecular weight is 564 g/mol. The minimum atomic E-state index is -4.82. The zero-order valence-corrected chi connectivity index (χ0v) is 19.8. The summed E-state index contributed by atoms with van der Waals surface area (Å²) < 4.78 is 98.6. The number of pyridine rings is 1. The van der Waals surface area contributed by atoms with Crippen molar-refractivity contribution in [2.75, 3.05) is 32.5 Å². The Morgan fingerprint density at radius 1 is 1.15 bits per heavy atom. The summed E-state index contributed by atoms with van der Waals surface area (Å²) in [7, 11) is 1.17. The molecule has 18 heteroatoms. The predicted molar refractivity (Wildman–Crippen MR) is 119 cm³/mol. The van der Waals surface area contributed by atoms with Crippen molar-refractivity contribution in [2.45, 2.75) is 24.6 Å². The highest BCUT2D eigenvalue weighted by Gasteiger charge is 2.39. The number of rotatable bonds is 5. The number of hydrogen-bond acceptors (Lipinski definition) is 7. The maximum absolute atomic E-state index is 14.6. The third-order valence-corrected chi connectivity index (χ3v) is 5.77. The van der Waals surface area contributed by atoms with E-state index in [-0.39, 0.29) is 22.7 Å². The highest BCUT2D eigenvalue weighted by molar-refractivity contribution is 5.98. The fourth-order valence-electron chi connectivity index (χ4n) is 4.01. The van der Waals surface area contributed by atoms with E-state index in [1.54, 1.807) is 5.32 Å². The molecule has 11 nitrogen and oxygen atoms in total. The van der Waals surface area contributed by atoms with Gasteiger partial charge in [0, 0.05) is 18.3 Å². The molecular formula is C21H19F7N8O3. The van der Waals surface area contributed by atoms with Gasteiger partial charge in [0.15, 0.2) is 5.82 Å². The first kappa shape index (κ1) is 27.6. The first-order valence-corrected chi connectivity index (χ1v) is 11.0.